The molecule has 16 heavy (non-hydrogen) atoms. The predicted molar refractivity (Wildman–Crippen MR) is 66.5 cm³/mol. The van der Waals surface area contributed by atoms with Crippen molar-refractivity contribution in [2.75, 3.05) is 0 Å². The van der Waals surface area contributed by atoms with Crippen LogP contribution >= 0.6 is 8.25 Å². The van der Waals surface area contributed by atoms with Crippen molar-refractivity contribution in [3.63, 3.8) is 0 Å². The van der Waals surface area contributed by atoms with Gasteiger partial charge in [0.05, 0.1) is 0 Å². The SMILES string of the molecule is CCCc1ccccc1CCC.O=[P+](O)O. The van der Waals surface area contributed by atoms with Crippen molar-refractivity contribution >= 4 is 8.25 Å². The van der Waals surface area contributed by atoms with Gasteiger partial charge in [0.2, 0.25) is 0 Å². The van der Waals surface area contributed by atoms with Crippen LogP contribution in [0.15, 0.2) is 24.3 Å². The molecule has 1 aromatic carbocycles. The van der Waals surface area contributed by atoms with Gasteiger partial charge in [-0.3, -0.25) is 0 Å². The average Bonchev–Trinajstić information content (AvgIpc) is 2.21. The summed E-state index contributed by atoms with van der Waals surface area (Å²) in [5.74, 6) is 0. The summed E-state index contributed by atoms with van der Waals surface area (Å²) < 4.78 is 8.70. The zero-order chi connectivity index (χ0) is 12.4. The Kier molecular flexibility index (Phi) is 9.02. The largest absolute Gasteiger partial charge is 0.692 e. The van der Waals surface area contributed by atoms with Crippen LogP contribution in [0.4, 0.5) is 0 Å². The molecule has 0 aliphatic carbocycles. The molecule has 0 amide bonds. The van der Waals surface area contributed by atoms with Crippen LogP contribution in [0.5, 0.6) is 0 Å². The highest BCUT2D eigenvalue weighted by molar-refractivity contribution is 7.30. The molecule has 0 fully saturated rings. The number of aryl methyl sites for hydroxylation is 2. The van der Waals surface area contributed by atoms with Gasteiger partial charge in [-0.1, -0.05) is 51.0 Å². The van der Waals surface area contributed by atoms with Crippen LogP contribution in [-0.2, 0) is 17.4 Å². The molecule has 1 rings (SSSR count). The van der Waals surface area contributed by atoms with E-state index in [0.717, 1.165) is 0 Å². The van der Waals surface area contributed by atoms with Crippen molar-refractivity contribution in [3.8, 4) is 0 Å². The van der Waals surface area contributed by atoms with E-state index in [1.54, 1.807) is 11.1 Å². The van der Waals surface area contributed by atoms with Gasteiger partial charge in [0, 0.05) is 4.57 Å². The van der Waals surface area contributed by atoms with Gasteiger partial charge in [-0.15, -0.1) is 9.79 Å². The van der Waals surface area contributed by atoms with E-state index in [2.05, 4.69) is 38.1 Å². The molecule has 0 aromatic heterocycles. The molecule has 0 unspecified atom stereocenters. The maximum absolute atomic E-state index is 8.70. The minimum absolute atomic E-state index is 1.23. The highest BCUT2D eigenvalue weighted by Crippen LogP contribution is 2.12. The molecule has 0 radical (unpaired) electrons. The van der Waals surface area contributed by atoms with Crippen LogP contribution in [0.1, 0.15) is 37.8 Å². The maximum atomic E-state index is 8.70. The lowest BCUT2D eigenvalue weighted by molar-refractivity contribution is 0.405. The van der Waals surface area contributed by atoms with E-state index in [9.17, 15) is 0 Å². The standard InChI is InChI=1S/C12H18.HO3P/c1-3-7-11-9-5-6-10-12(11)8-4-2;1-4(2)3/h5-6,9-10H,3-4,7-8H2,1-2H3;(H-,1,2,3)/p+1. The van der Waals surface area contributed by atoms with Crippen LogP contribution in [0.2, 0.25) is 0 Å². The van der Waals surface area contributed by atoms with Crippen molar-refractivity contribution in [3.05, 3.63) is 35.4 Å². The van der Waals surface area contributed by atoms with E-state index in [-0.39, 0.29) is 0 Å². The molecular formula is C12H20O3P+. The third kappa shape index (κ3) is 7.52. The minimum atomic E-state index is -2.87. The van der Waals surface area contributed by atoms with E-state index in [4.69, 9.17) is 14.4 Å². The molecule has 0 spiro atoms. The van der Waals surface area contributed by atoms with E-state index >= 15 is 0 Å². The summed E-state index contributed by atoms with van der Waals surface area (Å²) >= 11 is 0. The Balaban J connectivity index is 0.000000487. The quantitative estimate of drug-likeness (QED) is 0.798. The summed E-state index contributed by atoms with van der Waals surface area (Å²) in [6.45, 7) is 4.48. The highest BCUT2D eigenvalue weighted by atomic mass is 31.1. The first-order chi connectivity index (χ1) is 7.61. The van der Waals surface area contributed by atoms with Gasteiger partial charge in [-0.2, -0.15) is 0 Å². The van der Waals surface area contributed by atoms with Gasteiger partial charge in [-0.05, 0) is 24.0 Å². The second-order valence-corrected chi connectivity index (χ2v) is 4.03. The summed E-state index contributed by atoms with van der Waals surface area (Å²) in [5, 5.41) is 0. The van der Waals surface area contributed by atoms with Gasteiger partial charge in [-0.25, -0.2) is 0 Å². The zero-order valence-electron chi connectivity index (χ0n) is 9.89. The fourth-order valence-corrected chi connectivity index (χ4v) is 1.58. The number of hydrogen-bond acceptors (Lipinski definition) is 1. The van der Waals surface area contributed by atoms with Crippen molar-refractivity contribution in [2.24, 2.45) is 0 Å². The van der Waals surface area contributed by atoms with Crippen molar-refractivity contribution in [2.45, 2.75) is 39.5 Å². The molecule has 0 saturated carbocycles. The number of rotatable bonds is 4. The second kappa shape index (κ2) is 9.46. The molecule has 0 saturated heterocycles. The average molecular weight is 243 g/mol. The molecule has 0 heterocycles. The monoisotopic (exact) mass is 243 g/mol. The number of hydrogen-bond donors (Lipinski definition) is 2. The first-order valence-electron chi connectivity index (χ1n) is 5.53. The van der Waals surface area contributed by atoms with Gasteiger partial charge in [0.25, 0.3) is 0 Å². The van der Waals surface area contributed by atoms with Crippen LogP contribution < -0.4 is 0 Å². The molecule has 90 valence electrons. The van der Waals surface area contributed by atoms with E-state index < -0.39 is 8.25 Å². The first kappa shape index (κ1) is 15.2. The lowest BCUT2D eigenvalue weighted by Crippen LogP contribution is -1.92. The normalized spacial score (nSPS) is 9.25. The molecule has 4 heteroatoms. The topological polar surface area (TPSA) is 57.5 Å². The van der Waals surface area contributed by atoms with Crippen LogP contribution in [0, 0.1) is 0 Å². The summed E-state index contributed by atoms with van der Waals surface area (Å²) in [5.41, 5.74) is 3.09. The van der Waals surface area contributed by atoms with E-state index in [0.29, 0.717) is 0 Å². The Bertz CT molecular complexity index is 284. The summed E-state index contributed by atoms with van der Waals surface area (Å²) in [6, 6.07) is 8.80. The third-order valence-corrected chi connectivity index (χ3v) is 2.16. The molecule has 0 bridgehead atoms. The lowest BCUT2D eigenvalue weighted by atomic mass is 10.00. The van der Waals surface area contributed by atoms with Crippen molar-refractivity contribution < 1.29 is 14.4 Å². The summed E-state index contributed by atoms with van der Waals surface area (Å²) in [4.78, 5) is 14.2. The minimum Gasteiger partial charge on any atom is -0.134 e. The Labute approximate surface area is 98.1 Å². The van der Waals surface area contributed by atoms with Gasteiger partial charge in [0.1, 0.15) is 0 Å². The van der Waals surface area contributed by atoms with E-state index in [1.807, 2.05) is 0 Å². The Morgan fingerprint density at radius 1 is 1.00 bits per heavy atom. The fourth-order valence-electron chi connectivity index (χ4n) is 1.58. The fraction of sp³-hybridized carbons (Fsp3) is 0.500. The lowest BCUT2D eigenvalue weighted by Gasteiger charge is -2.06. The first-order valence-corrected chi connectivity index (χ1v) is 6.70. The summed E-state index contributed by atoms with van der Waals surface area (Å²) in [6.07, 6.45) is 4.97. The third-order valence-electron chi connectivity index (χ3n) is 2.16. The molecule has 2 N–H and O–H groups in total. The van der Waals surface area contributed by atoms with Crippen molar-refractivity contribution in [1.29, 1.82) is 0 Å². The molecule has 0 aliphatic heterocycles. The van der Waals surface area contributed by atoms with Gasteiger partial charge in [0.15, 0.2) is 0 Å². The second-order valence-electron chi connectivity index (χ2n) is 3.52. The Morgan fingerprint density at radius 2 is 1.31 bits per heavy atom. The van der Waals surface area contributed by atoms with Crippen LogP contribution in [0.25, 0.3) is 0 Å². The highest BCUT2D eigenvalue weighted by Gasteiger charge is 1.98. The molecule has 1 aromatic rings. The maximum Gasteiger partial charge on any atom is 0.692 e. The van der Waals surface area contributed by atoms with Gasteiger partial charge < -0.3 is 0 Å². The predicted octanol–water partition coefficient (Wildman–Crippen LogP) is 3.22. The summed E-state index contributed by atoms with van der Waals surface area (Å²) in [7, 11) is -2.87. The molecule has 3 nitrogen and oxygen atoms in total. The molecule has 0 atom stereocenters. The van der Waals surface area contributed by atoms with E-state index in [1.165, 1.54) is 25.7 Å². The zero-order valence-corrected chi connectivity index (χ0v) is 10.8. The number of benzene rings is 1. The van der Waals surface area contributed by atoms with Crippen molar-refractivity contribution in [1.82, 2.24) is 0 Å². The van der Waals surface area contributed by atoms with Crippen LogP contribution in [0.3, 0.4) is 0 Å². The Morgan fingerprint density at radius 3 is 1.56 bits per heavy atom. The van der Waals surface area contributed by atoms with Crippen LogP contribution in [-0.4, -0.2) is 9.79 Å². The van der Waals surface area contributed by atoms with Gasteiger partial charge >= 0.3 is 8.25 Å². The molecule has 0 aliphatic rings. The Hall–Kier alpha value is -0.760. The molecular weight excluding hydrogens is 223 g/mol. The smallest absolute Gasteiger partial charge is 0.134 e.